The Morgan fingerprint density at radius 2 is 1.94 bits per heavy atom. The van der Waals surface area contributed by atoms with Gasteiger partial charge in [-0.2, -0.15) is 0 Å². The topological polar surface area (TPSA) is 92.5 Å². The van der Waals surface area contributed by atoms with Crippen LogP contribution in [0.2, 0.25) is 0 Å². The quantitative estimate of drug-likeness (QED) is 0.524. The van der Waals surface area contributed by atoms with Gasteiger partial charge >= 0.3 is 11.8 Å². The van der Waals surface area contributed by atoms with Crippen molar-refractivity contribution in [1.82, 2.24) is 10.2 Å². The van der Waals surface area contributed by atoms with Crippen LogP contribution in [0.4, 0.5) is 0 Å². The lowest BCUT2D eigenvalue weighted by molar-refractivity contribution is -0.149. The van der Waals surface area contributed by atoms with E-state index in [0.717, 1.165) is 30.6 Å². The fourth-order valence-corrected chi connectivity index (χ4v) is 2.09. The zero-order chi connectivity index (χ0) is 13.4. The van der Waals surface area contributed by atoms with Crippen molar-refractivity contribution in [3.63, 3.8) is 0 Å². The summed E-state index contributed by atoms with van der Waals surface area (Å²) in [5.74, 6) is -1.48. The molecule has 3 amide bonds. The fraction of sp³-hybridized carbons (Fsp3) is 0.750. The summed E-state index contributed by atoms with van der Waals surface area (Å²) in [7, 11) is 0. The van der Waals surface area contributed by atoms with Crippen LogP contribution < -0.4 is 11.1 Å². The molecule has 0 spiro atoms. The Hall–Kier alpha value is -1.43. The van der Waals surface area contributed by atoms with Gasteiger partial charge in [0, 0.05) is 12.6 Å². The van der Waals surface area contributed by atoms with Gasteiger partial charge < -0.3 is 11.1 Å². The molecule has 0 radical (unpaired) electrons. The molecule has 0 aromatic carbocycles. The molecule has 0 aromatic rings. The van der Waals surface area contributed by atoms with Gasteiger partial charge in [-0.1, -0.05) is 19.3 Å². The number of nitrogens with zero attached hydrogens (tertiary/aromatic N) is 1. The normalized spacial score (nSPS) is 16.1. The summed E-state index contributed by atoms with van der Waals surface area (Å²) >= 11 is 0. The summed E-state index contributed by atoms with van der Waals surface area (Å²) in [4.78, 5) is 35.0. The van der Waals surface area contributed by atoms with Gasteiger partial charge in [0.25, 0.3) is 0 Å². The number of imide groups is 1. The lowest BCUT2D eigenvalue weighted by Crippen LogP contribution is -2.47. The number of amides is 3. The molecule has 1 saturated carbocycles. The molecule has 0 atom stereocenters. The highest BCUT2D eigenvalue weighted by Gasteiger charge is 2.24. The third kappa shape index (κ3) is 4.44. The van der Waals surface area contributed by atoms with Gasteiger partial charge in [-0.25, -0.2) is 0 Å². The minimum Gasteiger partial charge on any atom is -0.345 e. The van der Waals surface area contributed by atoms with Crippen LogP contribution in [0.25, 0.3) is 0 Å². The van der Waals surface area contributed by atoms with Gasteiger partial charge in [-0.3, -0.25) is 19.3 Å². The molecule has 3 N–H and O–H groups in total. The van der Waals surface area contributed by atoms with E-state index in [0.29, 0.717) is 19.4 Å². The molecule has 0 heterocycles. The van der Waals surface area contributed by atoms with Crippen LogP contribution in [0.15, 0.2) is 0 Å². The van der Waals surface area contributed by atoms with Crippen molar-refractivity contribution in [1.29, 1.82) is 0 Å². The Morgan fingerprint density at radius 1 is 1.28 bits per heavy atom. The van der Waals surface area contributed by atoms with Crippen molar-refractivity contribution in [2.24, 2.45) is 5.73 Å². The van der Waals surface area contributed by atoms with Crippen molar-refractivity contribution in [3.8, 4) is 0 Å². The lowest BCUT2D eigenvalue weighted by Gasteiger charge is -2.23. The predicted octanol–water partition coefficient (Wildman–Crippen LogP) is -0.231. The highest BCUT2D eigenvalue weighted by molar-refractivity contribution is 6.36. The summed E-state index contributed by atoms with van der Waals surface area (Å²) in [6.45, 7) is 0.568. The van der Waals surface area contributed by atoms with Crippen molar-refractivity contribution >= 4 is 18.2 Å². The number of carbonyl (C=O) groups is 3. The molecule has 0 saturated heterocycles. The molecule has 1 fully saturated rings. The summed E-state index contributed by atoms with van der Waals surface area (Å²) in [5, 5.41) is 2.69. The minimum atomic E-state index is -0.788. The van der Waals surface area contributed by atoms with E-state index in [2.05, 4.69) is 5.32 Å². The Balaban J connectivity index is 2.42. The first-order chi connectivity index (χ1) is 8.69. The number of nitrogens with one attached hydrogen (secondary N) is 1. The molecule has 1 aliphatic rings. The van der Waals surface area contributed by atoms with Gasteiger partial charge in [0.1, 0.15) is 0 Å². The molecule has 0 aliphatic heterocycles. The van der Waals surface area contributed by atoms with Crippen molar-refractivity contribution < 1.29 is 14.4 Å². The fourth-order valence-electron chi connectivity index (χ4n) is 2.09. The van der Waals surface area contributed by atoms with Crippen LogP contribution in [0.3, 0.4) is 0 Å². The summed E-state index contributed by atoms with van der Waals surface area (Å²) in [6.07, 6.45) is 6.02. The zero-order valence-electron chi connectivity index (χ0n) is 10.6. The van der Waals surface area contributed by atoms with E-state index in [4.69, 9.17) is 5.73 Å². The number of hydrogen-bond donors (Lipinski definition) is 2. The SMILES string of the molecule is NCCCN(C=O)C(=O)C(=O)NC1CCCCC1. The first-order valence-electron chi connectivity index (χ1n) is 6.46. The molecule has 0 bridgehead atoms. The second-order valence-corrected chi connectivity index (χ2v) is 4.55. The smallest absolute Gasteiger partial charge is 0.318 e. The van der Waals surface area contributed by atoms with Gasteiger partial charge in [0.05, 0.1) is 0 Å². The lowest BCUT2D eigenvalue weighted by atomic mass is 9.95. The molecule has 1 aliphatic carbocycles. The molecular formula is C12H21N3O3. The second kappa shape index (κ2) is 7.81. The molecule has 18 heavy (non-hydrogen) atoms. The molecular weight excluding hydrogens is 234 g/mol. The maximum Gasteiger partial charge on any atom is 0.318 e. The highest BCUT2D eigenvalue weighted by Crippen LogP contribution is 2.17. The third-order valence-corrected chi connectivity index (χ3v) is 3.13. The molecule has 0 aromatic heterocycles. The Bertz CT molecular complexity index is 301. The van der Waals surface area contributed by atoms with E-state index in [1.54, 1.807) is 0 Å². The van der Waals surface area contributed by atoms with E-state index >= 15 is 0 Å². The van der Waals surface area contributed by atoms with E-state index in [1.807, 2.05) is 0 Å². The van der Waals surface area contributed by atoms with Gasteiger partial charge in [0.15, 0.2) is 0 Å². The first kappa shape index (κ1) is 14.6. The van der Waals surface area contributed by atoms with E-state index in [9.17, 15) is 14.4 Å². The summed E-state index contributed by atoms with van der Waals surface area (Å²) in [6, 6.07) is 0.0678. The van der Waals surface area contributed by atoms with E-state index < -0.39 is 11.8 Å². The molecule has 0 unspecified atom stereocenters. The maximum absolute atomic E-state index is 11.7. The molecule has 102 valence electrons. The van der Waals surface area contributed by atoms with Crippen molar-refractivity contribution in [3.05, 3.63) is 0 Å². The average molecular weight is 255 g/mol. The second-order valence-electron chi connectivity index (χ2n) is 4.55. The Kier molecular flexibility index (Phi) is 6.35. The van der Waals surface area contributed by atoms with E-state index in [-0.39, 0.29) is 12.6 Å². The van der Waals surface area contributed by atoms with Gasteiger partial charge in [0.2, 0.25) is 6.41 Å². The highest BCUT2D eigenvalue weighted by atomic mass is 16.2. The van der Waals surface area contributed by atoms with Crippen LogP contribution in [-0.4, -0.2) is 42.3 Å². The van der Waals surface area contributed by atoms with Crippen molar-refractivity contribution in [2.75, 3.05) is 13.1 Å². The van der Waals surface area contributed by atoms with Crippen LogP contribution in [-0.2, 0) is 14.4 Å². The van der Waals surface area contributed by atoms with E-state index in [1.165, 1.54) is 6.42 Å². The molecule has 6 heteroatoms. The van der Waals surface area contributed by atoms with Crippen LogP contribution >= 0.6 is 0 Å². The molecule has 6 nitrogen and oxygen atoms in total. The predicted molar refractivity (Wildman–Crippen MR) is 66.5 cm³/mol. The Morgan fingerprint density at radius 3 is 2.50 bits per heavy atom. The molecule has 1 rings (SSSR count). The summed E-state index contributed by atoms with van der Waals surface area (Å²) < 4.78 is 0. The van der Waals surface area contributed by atoms with Gasteiger partial charge in [-0.05, 0) is 25.8 Å². The number of nitrogens with two attached hydrogens (primary N) is 1. The zero-order valence-corrected chi connectivity index (χ0v) is 10.6. The number of hydrogen-bond acceptors (Lipinski definition) is 4. The van der Waals surface area contributed by atoms with Crippen LogP contribution in [0, 0.1) is 0 Å². The third-order valence-electron chi connectivity index (χ3n) is 3.13. The average Bonchev–Trinajstić information content (AvgIpc) is 2.40. The van der Waals surface area contributed by atoms with Crippen molar-refractivity contribution in [2.45, 2.75) is 44.6 Å². The number of rotatable bonds is 5. The maximum atomic E-state index is 11.7. The van der Waals surface area contributed by atoms with Crippen LogP contribution in [0.1, 0.15) is 38.5 Å². The summed E-state index contributed by atoms with van der Waals surface area (Å²) in [5.41, 5.74) is 5.30. The standard InChI is InChI=1S/C12H21N3O3/c13-7-4-8-15(9-16)12(18)11(17)14-10-5-2-1-3-6-10/h9-10H,1-8,13H2,(H,14,17). The largest absolute Gasteiger partial charge is 0.345 e. The minimum absolute atomic E-state index is 0.0678. The van der Waals surface area contributed by atoms with Gasteiger partial charge in [-0.15, -0.1) is 0 Å². The first-order valence-corrected chi connectivity index (χ1v) is 6.46. The number of carbonyl (C=O) groups excluding carboxylic acids is 3. The van der Waals surface area contributed by atoms with Crippen LogP contribution in [0.5, 0.6) is 0 Å². The Labute approximate surface area is 107 Å². The monoisotopic (exact) mass is 255 g/mol.